The van der Waals surface area contributed by atoms with E-state index in [0.717, 1.165) is 18.0 Å². The monoisotopic (exact) mass is 280 g/mol. The Labute approximate surface area is 126 Å². The summed E-state index contributed by atoms with van der Waals surface area (Å²) < 4.78 is 0. The van der Waals surface area contributed by atoms with Gasteiger partial charge in [0.05, 0.1) is 0 Å². The Kier molecular flexibility index (Phi) is 7.37. The Morgan fingerprint density at radius 3 is 2.55 bits per heavy atom. The molecule has 118 valence electrons. The summed E-state index contributed by atoms with van der Waals surface area (Å²) in [5.74, 6) is 0.909. The third kappa shape index (κ3) is 5.73. The van der Waals surface area contributed by atoms with E-state index in [1.54, 1.807) is 0 Å². The van der Waals surface area contributed by atoms with Crippen LogP contribution in [0.25, 0.3) is 0 Å². The number of piperidine rings is 1. The minimum absolute atomic E-state index is 0.811. The molecule has 1 aliphatic heterocycles. The average molecular weight is 280 g/mol. The molecule has 2 fully saturated rings. The second-order valence-electron chi connectivity index (χ2n) is 7.19. The van der Waals surface area contributed by atoms with Crippen molar-refractivity contribution in [3.8, 4) is 0 Å². The van der Waals surface area contributed by atoms with Crippen molar-refractivity contribution < 1.29 is 0 Å². The molecule has 20 heavy (non-hydrogen) atoms. The zero-order valence-electron chi connectivity index (χ0n) is 13.9. The van der Waals surface area contributed by atoms with E-state index in [-0.39, 0.29) is 0 Å². The number of unbranched alkanes of at least 4 members (excludes halogenated alkanes) is 4. The zero-order valence-corrected chi connectivity index (χ0v) is 13.9. The fraction of sp³-hybridized carbons (Fsp3) is 1.00. The number of hydrogen-bond donors (Lipinski definition) is 1. The van der Waals surface area contributed by atoms with E-state index < -0.39 is 0 Å². The van der Waals surface area contributed by atoms with Crippen molar-refractivity contribution in [3.63, 3.8) is 0 Å². The first-order chi connectivity index (χ1) is 9.81. The molecular weight excluding hydrogens is 244 g/mol. The first-order valence-electron chi connectivity index (χ1n) is 9.27. The smallest absolute Gasteiger partial charge is 0.00993 e. The maximum Gasteiger partial charge on any atom is 0.00993 e. The van der Waals surface area contributed by atoms with Crippen LogP contribution in [0.15, 0.2) is 0 Å². The molecule has 2 rings (SSSR count). The zero-order chi connectivity index (χ0) is 14.2. The van der Waals surface area contributed by atoms with Crippen LogP contribution in [0.2, 0.25) is 0 Å². The molecule has 0 aromatic heterocycles. The van der Waals surface area contributed by atoms with Crippen LogP contribution >= 0.6 is 0 Å². The summed E-state index contributed by atoms with van der Waals surface area (Å²) in [6, 6.07) is 1.74. The van der Waals surface area contributed by atoms with Crippen LogP contribution in [0.5, 0.6) is 0 Å². The summed E-state index contributed by atoms with van der Waals surface area (Å²) in [6.45, 7) is 8.64. The first kappa shape index (κ1) is 16.3. The first-order valence-corrected chi connectivity index (χ1v) is 9.27. The highest BCUT2D eigenvalue weighted by Gasteiger charge is 2.33. The third-order valence-corrected chi connectivity index (χ3v) is 5.18. The standard InChI is InChI=1S/C18H36N2/c1-3-4-5-6-7-9-16(2)20(18-11-12-18)15-17-10-8-13-19-14-17/h16-19H,3-15H2,1-2H3. The van der Waals surface area contributed by atoms with Crippen LogP contribution in [0.4, 0.5) is 0 Å². The summed E-state index contributed by atoms with van der Waals surface area (Å²) in [4.78, 5) is 2.86. The summed E-state index contributed by atoms with van der Waals surface area (Å²) >= 11 is 0. The lowest BCUT2D eigenvalue weighted by molar-refractivity contribution is 0.145. The van der Waals surface area contributed by atoms with Gasteiger partial charge in [0.15, 0.2) is 0 Å². The van der Waals surface area contributed by atoms with Crippen LogP contribution in [0.3, 0.4) is 0 Å². The van der Waals surface area contributed by atoms with Gasteiger partial charge in [-0.1, -0.05) is 39.0 Å². The molecule has 0 amide bonds. The average Bonchev–Trinajstić information content (AvgIpc) is 3.30. The molecule has 1 heterocycles. The second kappa shape index (κ2) is 9.04. The molecule has 0 radical (unpaired) electrons. The Morgan fingerprint density at radius 2 is 1.90 bits per heavy atom. The highest BCUT2D eigenvalue weighted by atomic mass is 15.2. The highest BCUT2D eigenvalue weighted by molar-refractivity contribution is 4.89. The van der Waals surface area contributed by atoms with Crippen molar-refractivity contribution in [2.75, 3.05) is 19.6 Å². The van der Waals surface area contributed by atoms with Crippen molar-refractivity contribution >= 4 is 0 Å². The topological polar surface area (TPSA) is 15.3 Å². The number of nitrogens with one attached hydrogen (secondary N) is 1. The molecular formula is C18H36N2. The predicted octanol–water partition coefficient (Wildman–Crippen LogP) is 4.20. The molecule has 2 heteroatoms. The van der Waals surface area contributed by atoms with E-state index in [0.29, 0.717) is 0 Å². The molecule has 1 N–H and O–H groups in total. The lowest BCUT2D eigenvalue weighted by atomic mass is 9.97. The van der Waals surface area contributed by atoms with Gasteiger partial charge in [-0.3, -0.25) is 4.90 Å². The van der Waals surface area contributed by atoms with Crippen molar-refractivity contribution in [2.24, 2.45) is 5.92 Å². The molecule has 0 aromatic rings. The summed E-state index contributed by atoms with van der Waals surface area (Å²) in [5, 5.41) is 3.58. The molecule has 0 aromatic carbocycles. The number of nitrogens with zero attached hydrogens (tertiary/aromatic N) is 1. The van der Waals surface area contributed by atoms with E-state index in [1.165, 1.54) is 83.8 Å². The molecule has 2 nitrogen and oxygen atoms in total. The van der Waals surface area contributed by atoms with Gasteiger partial charge < -0.3 is 5.32 Å². The van der Waals surface area contributed by atoms with Gasteiger partial charge in [-0.25, -0.2) is 0 Å². The van der Waals surface area contributed by atoms with Gasteiger partial charge in [0.2, 0.25) is 0 Å². The minimum atomic E-state index is 0.811. The minimum Gasteiger partial charge on any atom is -0.316 e. The van der Waals surface area contributed by atoms with Crippen molar-refractivity contribution in [3.05, 3.63) is 0 Å². The quantitative estimate of drug-likeness (QED) is 0.603. The second-order valence-corrected chi connectivity index (χ2v) is 7.19. The number of rotatable bonds is 10. The Balaban J connectivity index is 1.67. The molecule has 0 spiro atoms. The van der Waals surface area contributed by atoms with Crippen LogP contribution < -0.4 is 5.32 Å². The molecule has 1 saturated heterocycles. The Bertz CT molecular complexity index is 244. The molecule has 0 bridgehead atoms. The Morgan fingerprint density at radius 1 is 1.10 bits per heavy atom. The molecule has 2 aliphatic rings. The van der Waals surface area contributed by atoms with E-state index >= 15 is 0 Å². The van der Waals surface area contributed by atoms with Gasteiger partial charge in [0, 0.05) is 18.6 Å². The fourth-order valence-corrected chi connectivity index (χ4v) is 3.68. The van der Waals surface area contributed by atoms with Gasteiger partial charge in [-0.05, 0) is 58.0 Å². The van der Waals surface area contributed by atoms with Crippen LogP contribution in [0, 0.1) is 5.92 Å². The van der Waals surface area contributed by atoms with Gasteiger partial charge in [-0.2, -0.15) is 0 Å². The van der Waals surface area contributed by atoms with Crippen LogP contribution in [0.1, 0.15) is 78.1 Å². The summed E-state index contributed by atoms with van der Waals surface area (Å²) in [7, 11) is 0. The van der Waals surface area contributed by atoms with E-state index in [1.807, 2.05) is 0 Å². The maximum atomic E-state index is 3.58. The fourth-order valence-electron chi connectivity index (χ4n) is 3.68. The van der Waals surface area contributed by atoms with Gasteiger partial charge in [0.25, 0.3) is 0 Å². The van der Waals surface area contributed by atoms with E-state index in [9.17, 15) is 0 Å². The lowest BCUT2D eigenvalue weighted by Gasteiger charge is -2.34. The van der Waals surface area contributed by atoms with E-state index in [4.69, 9.17) is 0 Å². The largest absolute Gasteiger partial charge is 0.316 e. The predicted molar refractivity (Wildman–Crippen MR) is 88.2 cm³/mol. The maximum absolute atomic E-state index is 3.58. The van der Waals surface area contributed by atoms with Crippen LogP contribution in [-0.4, -0.2) is 36.6 Å². The lowest BCUT2D eigenvalue weighted by Crippen LogP contribution is -2.43. The van der Waals surface area contributed by atoms with Crippen molar-refractivity contribution in [1.82, 2.24) is 10.2 Å². The van der Waals surface area contributed by atoms with Crippen molar-refractivity contribution in [1.29, 1.82) is 0 Å². The number of hydrogen-bond acceptors (Lipinski definition) is 2. The molecule has 1 aliphatic carbocycles. The third-order valence-electron chi connectivity index (χ3n) is 5.18. The summed E-state index contributed by atoms with van der Waals surface area (Å²) in [5.41, 5.74) is 0. The van der Waals surface area contributed by atoms with Crippen molar-refractivity contribution in [2.45, 2.75) is 90.1 Å². The van der Waals surface area contributed by atoms with E-state index in [2.05, 4.69) is 24.1 Å². The van der Waals surface area contributed by atoms with Gasteiger partial charge >= 0.3 is 0 Å². The highest BCUT2D eigenvalue weighted by Crippen LogP contribution is 2.31. The normalized spacial score (nSPS) is 25.1. The van der Waals surface area contributed by atoms with Gasteiger partial charge in [-0.15, -0.1) is 0 Å². The molecule has 2 unspecified atom stereocenters. The van der Waals surface area contributed by atoms with Crippen LogP contribution in [-0.2, 0) is 0 Å². The summed E-state index contributed by atoms with van der Waals surface area (Å²) in [6.07, 6.45) is 14.3. The van der Waals surface area contributed by atoms with Gasteiger partial charge in [0.1, 0.15) is 0 Å². The molecule has 1 saturated carbocycles. The molecule has 2 atom stereocenters. The Hall–Kier alpha value is -0.0800. The SMILES string of the molecule is CCCCCCCC(C)N(CC1CCCNC1)C1CC1.